The molecule has 2 aromatic carbocycles. The third kappa shape index (κ3) is 5.50. The molecule has 156 valence electrons. The van der Waals surface area contributed by atoms with Crippen LogP contribution in [0.2, 0.25) is 0 Å². The molecule has 0 bridgehead atoms. The number of halogens is 3. The number of fused-ring (bicyclic) bond motifs is 1. The number of aliphatic hydroxyl groups is 1. The van der Waals surface area contributed by atoms with E-state index in [1.165, 1.54) is 12.1 Å². The van der Waals surface area contributed by atoms with E-state index in [1.807, 2.05) is 25.1 Å². The van der Waals surface area contributed by atoms with Crippen LogP contribution < -0.4 is 10.1 Å². The lowest BCUT2D eigenvalue weighted by Gasteiger charge is -2.09. The highest BCUT2D eigenvalue weighted by Crippen LogP contribution is 2.40. The second-order valence-electron chi connectivity index (χ2n) is 6.80. The van der Waals surface area contributed by atoms with Gasteiger partial charge in [-0.25, -0.2) is 0 Å². The Hall–Kier alpha value is -2.09. The van der Waals surface area contributed by atoms with Crippen molar-refractivity contribution in [1.29, 1.82) is 0 Å². The number of aryl methyl sites for hydroxylation is 1. The molecule has 1 aromatic heterocycles. The summed E-state index contributed by atoms with van der Waals surface area (Å²) in [5, 5.41) is 12.9. The predicted molar refractivity (Wildman–Crippen MR) is 112 cm³/mol. The first-order valence-corrected chi connectivity index (χ1v) is 10.4. The highest BCUT2D eigenvalue weighted by atomic mass is 32.1. The Labute approximate surface area is 172 Å². The van der Waals surface area contributed by atoms with Crippen LogP contribution in [0, 0.1) is 6.92 Å². The van der Waals surface area contributed by atoms with Gasteiger partial charge in [-0.3, -0.25) is 0 Å². The number of rotatable bonds is 9. The van der Waals surface area contributed by atoms with Crippen molar-refractivity contribution in [3.8, 4) is 16.9 Å². The molecule has 3 nitrogen and oxygen atoms in total. The topological polar surface area (TPSA) is 41.5 Å². The number of hydrogen-bond donors (Lipinski definition) is 2. The molecular weight excluding hydrogens is 399 g/mol. The van der Waals surface area contributed by atoms with Crippen LogP contribution in [-0.2, 0) is 6.18 Å². The van der Waals surface area contributed by atoms with Crippen LogP contribution in [-0.4, -0.2) is 31.4 Å². The van der Waals surface area contributed by atoms with Crippen molar-refractivity contribution >= 4 is 21.4 Å². The average Bonchev–Trinajstić information content (AvgIpc) is 3.01. The fourth-order valence-electron chi connectivity index (χ4n) is 3.22. The minimum absolute atomic E-state index is 0.144. The first kappa shape index (κ1) is 21.6. The summed E-state index contributed by atoms with van der Waals surface area (Å²) in [6.45, 7) is 4.20. The van der Waals surface area contributed by atoms with Crippen LogP contribution >= 0.6 is 11.3 Å². The maximum Gasteiger partial charge on any atom is 0.416 e. The van der Waals surface area contributed by atoms with E-state index in [2.05, 4.69) is 5.32 Å². The molecule has 0 unspecified atom stereocenters. The lowest BCUT2D eigenvalue weighted by Crippen LogP contribution is -2.19. The summed E-state index contributed by atoms with van der Waals surface area (Å²) in [6.07, 6.45) is -2.44. The van der Waals surface area contributed by atoms with Crippen molar-refractivity contribution in [3.05, 3.63) is 52.9 Å². The van der Waals surface area contributed by atoms with E-state index in [4.69, 9.17) is 9.84 Å². The first-order valence-electron chi connectivity index (χ1n) is 9.55. The highest BCUT2D eigenvalue weighted by Gasteiger charge is 2.30. The first-order chi connectivity index (χ1) is 13.9. The Balaban J connectivity index is 1.69. The van der Waals surface area contributed by atoms with E-state index in [0.29, 0.717) is 13.2 Å². The van der Waals surface area contributed by atoms with Crippen molar-refractivity contribution in [2.75, 3.05) is 26.3 Å². The Bertz CT molecular complexity index is 936. The molecule has 29 heavy (non-hydrogen) atoms. The number of aliphatic hydroxyl groups excluding tert-OH is 1. The van der Waals surface area contributed by atoms with Gasteiger partial charge in [0.15, 0.2) is 0 Å². The van der Waals surface area contributed by atoms with E-state index in [9.17, 15) is 13.2 Å². The van der Waals surface area contributed by atoms with Crippen molar-refractivity contribution in [1.82, 2.24) is 5.32 Å². The second-order valence-corrected chi connectivity index (χ2v) is 8.05. The quantitative estimate of drug-likeness (QED) is 0.438. The molecule has 3 rings (SSSR count). The van der Waals surface area contributed by atoms with Gasteiger partial charge in [-0.1, -0.05) is 12.1 Å². The standard InChI is InChI=1S/C22H24F3NO2S/c1-15-21(16-4-6-17(7-5-16)22(23,24)25)19-9-8-18(14-20(19)29-15)28-13-3-2-10-26-11-12-27/h4-9,14,26-27H,2-3,10-13H2,1H3. The van der Waals surface area contributed by atoms with Gasteiger partial charge in [-0.2, -0.15) is 13.2 Å². The van der Waals surface area contributed by atoms with E-state index in [1.54, 1.807) is 11.3 Å². The van der Waals surface area contributed by atoms with Crippen LogP contribution in [0.15, 0.2) is 42.5 Å². The maximum atomic E-state index is 12.8. The Kier molecular flexibility index (Phi) is 7.16. The lowest BCUT2D eigenvalue weighted by molar-refractivity contribution is -0.137. The molecule has 0 aliphatic rings. The van der Waals surface area contributed by atoms with E-state index in [0.717, 1.165) is 63.4 Å². The van der Waals surface area contributed by atoms with Gasteiger partial charge in [0.2, 0.25) is 0 Å². The van der Waals surface area contributed by atoms with Gasteiger partial charge in [0.25, 0.3) is 0 Å². The Morgan fingerprint density at radius 2 is 1.79 bits per heavy atom. The zero-order chi connectivity index (χ0) is 20.9. The summed E-state index contributed by atoms with van der Waals surface area (Å²) < 4.78 is 45.3. The third-order valence-corrected chi connectivity index (χ3v) is 5.71. The average molecular weight is 424 g/mol. The number of benzene rings is 2. The SMILES string of the molecule is Cc1sc2cc(OCCCCNCCO)ccc2c1-c1ccc(C(F)(F)F)cc1. The predicted octanol–water partition coefficient (Wildman–Crippen LogP) is 5.64. The Morgan fingerprint density at radius 3 is 2.48 bits per heavy atom. The maximum absolute atomic E-state index is 12.8. The molecule has 0 amide bonds. The molecule has 0 atom stereocenters. The lowest BCUT2D eigenvalue weighted by atomic mass is 10.0. The van der Waals surface area contributed by atoms with E-state index >= 15 is 0 Å². The number of ether oxygens (including phenoxy) is 1. The number of nitrogens with one attached hydrogen (secondary N) is 1. The summed E-state index contributed by atoms with van der Waals surface area (Å²) in [4.78, 5) is 1.06. The summed E-state index contributed by atoms with van der Waals surface area (Å²) >= 11 is 1.61. The summed E-state index contributed by atoms with van der Waals surface area (Å²) in [5.41, 5.74) is 1.12. The molecule has 7 heteroatoms. The zero-order valence-corrected chi connectivity index (χ0v) is 17.0. The number of unbranched alkanes of at least 4 members (excludes halogenated alkanes) is 1. The normalized spacial score (nSPS) is 11.9. The Morgan fingerprint density at radius 1 is 1.03 bits per heavy atom. The van der Waals surface area contributed by atoms with E-state index < -0.39 is 11.7 Å². The summed E-state index contributed by atoms with van der Waals surface area (Å²) in [7, 11) is 0. The fraction of sp³-hybridized carbons (Fsp3) is 0.364. The van der Waals surface area contributed by atoms with Gasteiger partial charge in [-0.05, 0) is 62.2 Å². The molecule has 0 radical (unpaired) electrons. The van der Waals surface area contributed by atoms with Crippen molar-refractivity contribution in [2.45, 2.75) is 25.9 Å². The van der Waals surface area contributed by atoms with Crippen molar-refractivity contribution in [3.63, 3.8) is 0 Å². The minimum atomic E-state index is -4.33. The largest absolute Gasteiger partial charge is 0.494 e. The van der Waals surface area contributed by atoms with Gasteiger partial charge in [0, 0.05) is 27.1 Å². The van der Waals surface area contributed by atoms with Crippen LogP contribution in [0.3, 0.4) is 0 Å². The van der Waals surface area contributed by atoms with Crippen LogP contribution in [0.25, 0.3) is 21.2 Å². The highest BCUT2D eigenvalue weighted by molar-refractivity contribution is 7.19. The molecule has 0 saturated carbocycles. The summed E-state index contributed by atoms with van der Waals surface area (Å²) in [6, 6.07) is 11.2. The summed E-state index contributed by atoms with van der Waals surface area (Å²) in [5.74, 6) is 0.793. The molecule has 2 N–H and O–H groups in total. The van der Waals surface area contributed by atoms with Crippen molar-refractivity contribution in [2.24, 2.45) is 0 Å². The number of hydrogen-bond acceptors (Lipinski definition) is 4. The smallest absolute Gasteiger partial charge is 0.416 e. The molecule has 0 fully saturated rings. The van der Waals surface area contributed by atoms with Crippen LogP contribution in [0.5, 0.6) is 5.75 Å². The number of thiophene rings is 1. The molecule has 0 spiro atoms. The van der Waals surface area contributed by atoms with Crippen LogP contribution in [0.4, 0.5) is 13.2 Å². The molecular formula is C22H24F3NO2S. The molecule has 0 aliphatic carbocycles. The number of alkyl halides is 3. The van der Waals surface area contributed by atoms with E-state index in [-0.39, 0.29) is 6.61 Å². The monoisotopic (exact) mass is 423 g/mol. The van der Waals surface area contributed by atoms with Gasteiger partial charge in [-0.15, -0.1) is 11.3 Å². The van der Waals surface area contributed by atoms with Crippen LogP contribution in [0.1, 0.15) is 23.3 Å². The fourth-order valence-corrected chi connectivity index (χ4v) is 4.33. The van der Waals surface area contributed by atoms with Gasteiger partial charge in [0.05, 0.1) is 18.8 Å². The third-order valence-electron chi connectivity index (χ3n) is 4.64. The molecule has 1 heterocycles. The second kappa shape index (κ2) is 9.61. The van der Waals surface area contributed by atoms with Gasteiger partial charge in [0.1, 0.15) is 5.75 Å². The molecule has 3 aromatic rings. The molecule has 0 saturated heterocycles. The minimum Gasteiger partial charge on any atom is -0.494 e. The van der Waals surface area contributed by atoms with Gasteiger partial charge >= 0.3 is 6.18 Å². The van der Waals surface area contributed by atoms with Crippen molar-refractivity contribution < 1.29 is 23.0 Å². The zero-order valence-electron chi connectivity index (χ0n) is 16.2. The molecule has 0 aliphatic heterocycles. The van der Waals surface area contributed by atoms with Gasteiger partial charge < -0.3 is 15.2 Å².